The molecule has 1 aromatic rings. The van der Waals surface area contributed by atoms with Crippen molar-refractivity contribution in [2.75, 3.05) is 0 Å². The maximum Gasteiger partial charge on any atom is 0.359 e. The van der Waals surface area contributed by atoms with E-state index in [1.165, 1.54) is 0 Å². The van der Waals surface area contributed by atoms with Gasteiger partial charge in [-0.1, -0.05) is 23.6 Å². The molecule has 1 aromatic carbocycles. The molecule has 54 valence electrons. The first-order valence-corrected chi connectivity index (χ1v) is 3.56. The molecule has 0 aliphatic rings. The molecule has 1 rings (SSSR count). The lowest BCUT2D eigenvalue weighted by molar-refractivity contribution is 0.616. The predicted molar refractivity (Wildman–Crippen MR) is 47.7 cm³/mol. The summed E-state index contributed by atoms with van der Waals surface area (Å²) in [4.78, 5) is 0. The van der Waals surface area contributed by atoms with Gasteiger partial charge in [-0.2, -0.15) is 0 Å². The molecule has 0 radical (unpaired) electrons. The van der Waals surface area contributed by atoms with E-state index in [1.54, 1.807) is 12.1 Å². The zero-order valence-electron chi connectivity index (χ0n) is 5.84. The summed E-state index contributed by atoms with van der Waals surface area (Å²) in [7, 11) is -0.119. The van der Waals surface area contributed by atoms with Crippen LogP contribution in [0.2, 0.25) is 5.02 Å². The Morgan fingerprint density at radius 1 is 1.45 bits per heavy atom. The molecule has 0 spiro atoms. The van der Waals surface area contributed by atoms with Crippen LogP contribution in [0.25, 0.3) is 0 Å². The zero-order chi connectivity index (χ0) is 8.10. The third-order valence-corrected chi connectivity index (χ3v) is 1.37. The summed E-state index contributed by atoms with van der Waals surface area (Å²) in [5.41, 5.74) is 0.826. The molecule has 0 heterocycles. The Morgan fingerprint density at radius 3 is 2.91 bits per heavy atom. The summed E-state index contributed by atoms with van der Waals surface area (Å²) in [6.07, 6.45) is 0. The van der Waals surface area contributed by atoms with Crippen molar-refractivity contribution >= 4 is 19.1 Å². The molecule has 0 aliphatic heterocycles. The van der Waals surface area contributed by atoms with E-state index in [0.29, 0.717) is 5.02 Å². The largest absolute Gasteiger partial charge is 0.443 e. The van der Waals surface area contributed by atoms with Gasteiger partial charge in [-0.25, -0.2) is 0 Å². The summed E-state index contributed by atoms with van der Waals surface area (Å²) in [6.45, 7) is 0. The first-order chi connectivity index (χ1) is 5.33. The van der Waals surface area contributed by atoms with E-state index in [0.717, 1.165) is 5.56 Å². The number of rotatable bonds is 0. The highest BCUT2D eigenvalue weighted by atomic mass is 35.5. The molecule has 0 fully saturated rings. The van der Waals surface area contributed by atoms with Gasteiger partial charge in [0.05, 0.1) is 0 Å². The summed E-state index contributed by atoms with van der Waals surface area (Å²) in [5.74, 6) is 5.29. The van der Waals surface area contributed by atoms with Gasteiger partial charge in [0.15, 0.2) is 0 Å². The molecular formula is C8H6BClO. The van der Waals surface area contributed by atoms with Crippen LogP contribution in [0.3, 0.4) is 0 Å². The minimum atomic E-state index is -0.119. The Bertz CT molecular complexity index is 300. The standard InChI is InChI=1S/C8H6BClO/c10-8-3-1-2-7(6-8)4-5-9-11/h1-3,6,9,11H. The number of hydrogen-bond donors (Lipinski definition) is 1. The second-order valence-electron chi connectivity index (χ2n) is 1.97. The van der Waals surface area contributed by atoms with Crippen LogP contribution in [0.5, 0.6) is 0 Å². The van der Waals surface area contributed by atoms with E-state index < -0.39 is 0 Å². The van der Waals surface area contributed by atoms with Crippen LogP contribution < -0.4 is 0 Å². The topological polar surface area (TPSA) is 20.2 Å². The van der Waals surface area contributed by atoms with Gasteiger partial charge in [0.25, 0.3) is 0 Å². The molecule has 0 amide bonds. The van der Waals surface area contributed by atoms with Crippen molar-refractivity contribution in [2.45, 2.75) is 0 Å². The van der Waals surface area contributed by atoms with Crippen LogP contribution in [0.1, 0.15) is 5.56 Å². The first kappa shape index (κ1) is 8.19. The Balaban J connectivity index is 2.87. The molecule has 0 unspecified atom stereocenters. The number of benzene rings is 1. The quantitative estimate of drug-likeness (QED) is 0.448. The summed E-state index contributed by atoms with van der Waals surface area (Å²) >= 11 is 5.69. The third kappa shape index (κ3) is 2.67. The average molecular weight is 164 g/mol. The molecule has 0 saturated heterocycles. The zero-order valence-corrected chi connectivity index (χ0v) is 6.60. The minimum Gasteiger partial charge on any atom is -0.443 e. The van der Waals surface area contributed by atoms with Crippen molar-refractivity contribution in [3.63, 3.8) is 0 Å². The third-order valence-electron chi connectivity index (χ3n) is 1.14. The Labute approximate surface area is 71.3 Å². The SMILES string of the molecule is OBC#Cc1cccc(Cl)c1. The molecule has 0 bridgehead atoms. The fourth-order valence-electron chi connectivity index (χ4n) is 0.708. The average Bonchev–Trinajstić information content (AvgIpc) is 2.01. The van der Waals surface area contributed by atoms with Crippen LogP contribution in [-0.2, 0) is 0 Å². The van der Waals surface area contributed by atoms with E-state index >= 15 is 0 Å². The van der Waals surface area contributed by atoms with E-state index in [9.17, 15) is 0 Å². The highest BCUT2D eigenvalue weighted by Gasteiger charge is 1.87. The van der Waals surface area contributed by atoms with Gasteiger partial charge in [0, 0.05) is 10.6 Å². The molecule has 11 heavy (non-hydrogen) atoms. The summed E-state index contributed by atoms with van der Waals surface area (Å²) in [6, 6.07) is 7.20. The lowest BCUT2D eigenvalue weighted by Gasteiger charge is -1.89. The smallest absolute Gasteiger partial charge is 0.359 e. The number of halogens is 1. The van der Waals surface area contributed by atoms with Crippen molar-refractivity contribution in [1.82, 2.24) is 0 Å². The van der Waals surface area contributed by atoms with Crippen molar-refractivity contribution in [1.29, 1.82) is 0 Å². The Kier molecular flexibility index (Phi) is 3.03. The molecule has 0 aromatic heterocycles. The highest BCUT2D eigenvalue weighted by Crippen LogP contribution is 2.08. The van der Waals surface area contributed by atoms with E-state index in [2.05, 4.69) is 11.7 Å². The molecule has 0 saturated carbocycles. The fraction of sp³-hybridized carbons (Fsp3) is 0. The van der Waals surface area contributed by atoms with Gasteiger partial charge < -0.3 is 5.02 Å². The lowest BCUT2D eigenvalue weighted by atomic mass is 10.0. The normalized spacial score (nSPS) is 8.18. The maximum absolute atomic E-state index is 8.39. The molecule has 0 atom stereocenters. The highest BCUT2D eigenvalue weighted by molar-refractivity contribution is 6.37. The molecule has 1 N–H and O–H groups in total. The summed E-state index contributed by atoms with van der Waals surface area (Å²) < 4.78 is 0. The van der Waals surface area contributed by atoms with Gasteiger partial charge in [0.2, 0.25) is 0 Å². The van der Waals surface area contributed by atoms with Gasteiger partial charge >= 0.3 is 7.48 Å². The van der Waals surface area contributed by atoms with Gasteiger partial charge in [-0.05, 0) is 18.2 Å². The van der Waals surface area contributed by atoms with E-state index in [4.69, 9.17) is 16.6 Å². The van der Waals surface area contributed by atoms with Crippen molar-refractivity contribution in [3.05, 3.63) is 34.9 Å². The van der Waals surface area contributed by atoms with Gasteiger partial charge in [0.1, 0.15) is 0 Å². The second-order valence-corrected chi connectivity index (χ2v) is 2.41. The summed E-state index contributed by atoms with van der Waals surface area (Å²) in [5, 5.41) is 9.05. The number of hydrogen-bond acceptors (Lipinski definition) is 1. The van der Waals surface area contributed by atoms with Gasteiger partial charge in [-0.3, -0.25) is 0 Å². The van der Waals surface area contributed by atoms with Crippen molar-refractivity contribution in [2.24, 2.45) is 0 Å². The van der Waals surface area contributed by atoms with Gasteiger partial charge in [-0.15, -0.1) is 5.82 Å². The molecular weight excluding hydrogens is 158 g/mol. The van der Waals surface area contributed by atoms with E-state index in [1.807, 2.05) is 12.1 Å². The van der Waals surface area contributed by atoms with Crippen LogP contribution in [0, 0.1) is 11.7 Å². The first-order valence-electron chi connectivity index (χ1n) is 3.18. The second kappa shape index (κ2) is 4.07. The van der Waals surface area contributed by atoms with Crippen LogP contribution in [0.4, 0.5) is 0 Å². The minimum absolute atomic E-state index is 0.119. The lowest BCUT2D eigenvalue weighted by Crippen LogP contribution is -1.79. The van der Waals surface area contributed by atoms with Crippen LogP contribution >= 0.6 is 11.6 Å². The van der Waals surface area contributed by atoms with Crippen LogP contribution in [-0.4, -0.2) is 12.5 Å². The molecule has 0 aliphatic carbocycles. The van der Waals surface area contributed by atoms with Crippen molar-refractivity contribution in [3.8, 4) is 11.7 Å². The fourth-order valence-corrected chi connectivity index (χ4v) is 0.898. The Morgan fingerprint density at radius 2 is 2.27 bits per heavy atom. The monoisotopic (exact) mass is 164 g/mol. The van der Waals surface area contributed by atoms with Crippen molar-refractivity contribution < 1.29 is 5.02 Å². The van der Waals surface area contributed by atoms with Crippen LogP contribution in [0.15, 0.2) is 24.3 Å². The predicted octanol–water partition coefficient (Wildman–Crippen LogP) is 0.993. The molecule has 1 nitrogen and oxygen atoms in total. The maximum atomic E-state index is 8.39. The Hall–Kier alpha value is -0.905. The van der Waals surface area contributed by atoms with E-state index in [-0.39, 0.29) is 7.48 Å². The molecule has 3 heteroatoms.